The minimum absolute atomic E-state index is 0.525. The van der Waals surface area contributed by atoms with Gasteiger partial charge in [0, 0.05) is 0 Å². The van der Waals surface area contributed by atoms with Crippen molar-refractivity contribution in [2.75, 3.05) is 0 Å². The molecule has 0 bridgehead atoms. The standard InChI is InChI=1S/C10H7.ClH.Mg/c1-2-6-10-8-4-3-7-9(10)5-1;;/h1-3,5-8H;1H;/q;;+1/p-1. The van der Waals surface area contributed by atoms with Crippen molar-refractivity contribution in [3.63, 3.8) is 0 Å². The summed E-state index contributed by atoms with van der Waals surface area (Å²) in [6.07, 6.45) is 0. The van der Waals surface area contributed by atoms with E-state index in [1.54, 1.807) is 0 Å². The maximum atomic E-state index is 5.87. The summed E-state index contributed by atoms with van der Waals surface area (Å²) in [7, 11) is 5.87. The first-order valence-electron chi connectivity index (χ1n) is 3.94. The normalized spacial score (nSPS) is 9.75. The summed E-state index contributed by atoms with van der Waals surface area (Å²) in [5.74, 6) is 0. The molecule has 2 heteroatoms. The maximum Gasteiger partial charge on any atom is 0.538 e. The number of hydrogen-bond donors (Lipinski definition) is 0. The predicted octanol–water partition coefficient (Wildman–Crippen LogP) is 2.32. The fraction of sp³-hybridized carbons (Fsp3) is 0. The van der Waals surface area contributed by atoms with E-state index in [1.165, 1.54) is 14.5 Å². The molecule has 0 heterocycles. The minimum Gasteiger partial charge on any atom is -0.336 e. The molecule has 0 aliphatic heterocycles. The summed E-state index contributed by atoms with van der Waals surface area (Å²) in [5, 5.41) is 2.59. The summed E-state index contributed by atoms with van der Waals surface area (Å²) < 4.78 is 1.32. The molecule has 0 atom stereocenters. The van der Waals surface area contributed by atoms with Crippen LogP contribution >= 0.6 is 9.07 Å². The molecule has 0 aliphatic rings. The minimum atomic E-state index is -0.525. The zero-order chi connectivity index (χ0) is 8.39. The fourth-order valence-corrected chi connectivity index (χ4v) is 2.32. The van der Waals surface area contributed by atoms with Gasteiger partial charge in [-0.15, -0.1) is 3.69 Å². The molecule has 2 aromatic carbocycles. The fourth-order valence-electron chi connectivity index (χ4n) is 1.32. The molecule has 0 aliphatic carbocycles. The molecule has 0 saturated heterocycles. The third kappa shape index (κ3) is 1.58. The average molecular weight is 187 g/mol. The molecule has 12 heavy (non-hydrogen) atoms. The third-order valence-electron chi connectivity index (χ3n) is 1.97. The van der Waals surface area contributed by atoms with Crippen LogP contribution in [0.25, 0.3) is 10.8 Å². The van der Waals surface area contributed by atoms with Gasteiger partial charge < -0.3 is 9.07 Å². The lowest BCUT2D eigenvalue weighted by molar-refractivity contribution is 1.78. The van der Waals surface area contributed by atoms with Crippen LogP contribution in [-0.2, 0) is 0 Å². The van der Waals surface area contributed by atoms with Gasteiger partial charge in [0.1, 0.15) is 0 Å². The molecule has 2 rings (SSSR count). The van der Waals surface area contributed by atoms with Gasteiger partial charge in [0.05, 0.1) is 0 Å². The van der Waals surface area contributed by atoms with Crippen LogP contribution in [-0.4, -0.2) is 19.3 Å². The highest BCUT2D eigenvalue weighted by atomic mass is 35.5. The van der Waals surface area contributed by atoms with Crippen LogP contribution in [0.4, 0.5) is 0 Å². The van der Waals surface area contributed by atoms with Crippen LogP contribution < -0.4 is 3.69 Å². The van der Waals surface area contributed by atoms with Crippen molar-refractivity contribution >= 4 is 42.8 Å². The molecule has 0 unspecified atom stereocenters. The quantitative estimate of drug-likeness (QED) is 0.600. The Morgan fingerprint density at radius 3 is 2.42 bits per heavy atom. The molecule has 0 aromatic heterocycles. The van der Waals surface area contributed by atoms with E-state index >= 15 is 0 Å². The molecule has 2 aromatic rings. The Morgan fingerprint density at radius 2 is 1.67 bits per heavy atom. The summed E-state index contributed by atoms with van der Waals surface area (Å²) >= 11 is -0.525. The first-order chi connectivity index (χ1) is 5.90. The van der Waals surface area contributed by atoms with E-state index in [2.05, 4.69) is 42.5 Å². The monoisotopic (exact) mass is 186 g/mol. The van der Waals surface area contributed by atoms with Crippen LogP contribution in [0.1, 0.15) is 0 Å². The van der Waals surface area contributed by atoms with Gasteiger partial charge in [0.25, 0.3) is 0 Å². The Kier molecular flexibility index (Phi) is 2.54. The SMILES string of the molecule is [Cl][Mg][c]1ccc2ccccc2c1. The van der Waals surface area contributed by atoms with Crippen molar-refractivity contribution in [1.29, 1.82) is 0 Å². The lowest BCUT2D eigenvalue weighted by Gasteiger charge is -1.98. The van der Waals surface area contributed by atoms with E-state index in [1.807, 2.05) is 0 Å². The van der Waals surface area contributed by atoms with E-state index in [4.69, 9.17) is 9.07 Å². The van der Waals surface area contributed by atoms with Crippen LogP contribution in [0.5, 0.6) is 0 Å². The smallest absolute Gasteiger partial charge is 0.336 e. The summed E-state index contributed by atoms with van der Waals surface area (Å²) in [4.78, 5) is 0. The van der Waals surface area contributed by atoms with Gasteiger partial charge in [-0.1, -0.05) is 42.5 Å². The molecule has 0 N–H and O–H groups in total. The predicted molar refractivity (Wildman–Crippen MR) is 55.2 cm³/mol. The topological polar surface area (TPSA) is 0 Å². The van der Waals surface area contributed by atoms with Crippen LogP contribution in [0, 0.1) is 0 Å². The Hall–Kier alpha value is -0.244. The van der Waals surface area contributed by atoms with E-state index < -0.39 is 19.3 Å². The van der Waals surface area contributed by atoms with Crippen molar-refractivity contribution in [2.24, 2.45) is 0 Å². The van der Waals surface area contributed by atoms with Gasteiger partial charge in [-0.3, -0.25) is 0 Å². The Balaban J connectivity index is 2.67. The first kappa shape index (κ1) is 8.36. The van der Waals surface area contributed by atoms with Crippen molar-refractivity contribution in [3.8, 4) is 0 Å². The first-order valence-corrected chi connectivity index (χ1v) is 6.78. The van der Waals surface area contributed by atoms with Gasteiger partial charge in [0.2, 0.25) is 0 Å². The highest BCUT2D eigenvalue weighted by Gasteiger charge is 1.96. The molecule has 0 nitrogen and oxygen atoms in total. The Morgan fingerprint density at radius 1 is 0.917 bits per heavy atom. The molecule has 0 saturated carbocycles. The number of fused-ring (bicyclic) bond motifs is 1. The molecular formula is C10H7ClMg. The molecular weight excluding hydrogens is 180 g/mol. The molecule has 0 amide bonds. The largest absolute Gasteiger partial charge is 0.538 e. The molecule has 0 spiro atoms. The highest BCUT2D eigenvalue weighted by molar-refractivity contribution is 7.01. The number of rotatable bonds is 1. The van der Waals surface area contributed by atoms with Crippen LogP contribution in [0.2, 0.25) is 0 Å². The van der Waals surface area contributed by atoms with Crippen molar-refractivity contribution in [1.82, 2.24) is 0 Å². The molecule has 56 valence electrons. The van der Waals surface area contributed by atoms with Gasteiger partial charge in [-0.25, -0.2) is 0 Å². The molecule has 0 fully saturated rings. The summed E-state index contributed by atoms with van der Waals surface area (Å²) in [5.41, 5.74) is 0. The van der Waals surface area contributed by atoms with Gasteiger partial charge >= 0.3 is 19.3 Å². The van der Waals surface area contributed by atoms with Gasteiger partial charge in [-0.05, 0) is 10.8 Å². The Bertz CT molecular complexity index is 398. The number of hydrogen-bond acceptors (Lipinski definition) is 0. The van der Waals surface area contributed by atoms with Crippen molar-refractivity contribution in [2.45, 2.75) is 0 Å². The second kappa shape index (κ2) is 3.65. The van der Waals surface area contributed by atoms with E-state index in [-0.39, 0.29) is 0 Å². The van der Waals surface area contributed by atoms with Gasteiger partial charge in [-0.2, -0.15) is 0 Å². The summed E-state index contributed by atoms with van der Waals surface area (Å²) in [6, 6.07) is 14.8. The van der Waals surface area contributed by atoms with Crippen LogP contribution in [0.15, 0.2) is 42.5 Å². The Labute approximate surface area is 85.0 Å². The zero-order valence-electron chi connectivity index (χ0n) is 6.63. The van der Waals surface area contributed by atoms with Gasteiger partial charge in [0.15, 0.2) is 0 Å². The van der Waals surface area contributed by atoms with E-state index in [9.17, 15) is 0 Å². The second-order valence-electron chi connectivity index (χ2n) is 2.82. The lowest BCUT2D eigenvalue weighted by atomic mass is 10.1. The third-order valence-corrected chi connectivity index (χ3v) is 3.64. The molecule has 0 radical (unpaired) electrons. The highest BCUT2D eigenvalue weighted by Crippen LogP contribution is 2.10. The van der Waals surface area contributed by atoms with E-state index in [0.717, 1.165) is 0 Å². The maximum absolute atomic E-state index is 5.87. The number of halogens is 1. The average Bonchev–Trinajstić information content (AvgIpc) is 2.17. The van der Waals surface area contributed by atoms with Crippen molar-refractivity contribution in [3.05, 3.63) is 42.5 Å². The summed E-state index contributed by atoms with van der Waals surface area (Å²) in [6.45, 7) is 0. The zero-order valence-corrected chi connectivity index (χ0v) is 8.80. The van der Waals surface area contributed by atoms with E-state index in [0.29, 0.717) is 0 Å². The van der Waals surface area contributed by atoms with Crippen LogP contribution in [0.3, 0.4) is 0 Å². The number of benzene rings is 2. The second-order valence-corrected chi connectivity index (χ2v) is 4.70. The lowest BCUT2D eigenvalue weighted by Crippen LogP contribution is -2.06. The van der Waals surface area contributed by atoms with Crippen molar-refractivity contribution < 1.29 is 0 Å².